The molecule has 10 heteroatoms. The van der Waals surface area contributed by atoms with E-state index >= 15 is 0 Å². The van der Waals surface area contributed by atoms with E-state index in [2.05, 4.69) is 15.2 Å². The van der Waals surface area contributed by atoms with Gasteiger partial charge in [-0.3, -0.25) is 10.1 Å². The number of amides is 1. The van der Waals surface area contributed by atoms with Crippen LogP contribution in [0, 0.1) is 0 Å². The molecule has 0 spiro atoms. The molecule has 0 aliphatic carbocycles. The largest absolute Gasteiger partial charge is 0.494 e. The number of aromatic nitrogens is 1. The van der Waals surface area contributed by atoms with E-state index in [0.29, 0.717) is 48.8 Å². The molecule has 0 atom stereocenters. The Hall–Kier alpha value is -3.08. The molecule has 1 aromatic heterocycles. The number of carbonyl (C=O) groups is 1. The topological polar surface area (TPSA) is 91.4 Å². The van der Waals surface area contributed by atoms with Gasteiger partial charge in [0.1, 0.15) is 29.4 Å². The zero-order valence-electron chi connectivity index (χ0n) is 20.5. The minimum absolute atomic E-state index is 0.311. The molecule has 1 fully saturated rings. The van der Waals surface area contributed by atoms with Gasteiger partial charge in [0.25, 0.3) is 5.91 Å². The molecule has 1 saturated heterocycles. The molecular formula is C25H31N3O6S. The van der Waals surface area contributed by atoms with E-state index in [1.165, 1.54) is 11.3 Å². The molecule has 35 heavy (non-hydrogen) atoms. The van der Waals surface area contributed by atoms with Gasteiger partial charge in [0.15, 0.2) is 10.7 Å². The third-order valence-corrected chi connectivity index (χ3v) is 6.55. The zero-order valence-corrected chi connectivity index (χ0v) is 21.3. The monoisotopic (exact) mass is 501 g/mol. The normalized spacial score (nSPS) is 14.1. The van der Waals surface area contributed by atoms with Crippen molar-refractivity contribution in [1.82, 2.24) is 4.98 Å². The Morgan fingerprint density at radius 3 is 2.66 bits per heavy atom. The van der Waals surface area contributed by atoms with Crippen molar-refractivity contribution in [1.29, 1.82) is 0 Å². The van der Waals surface area contributed by atoms with Crippen molar-refractivity contribution >= 4 is 38.3 Å². The Balaban J connectivity index is 1.51. The summed E-state index contributed by atoms with van der Waals surface area (Å²) in [6.07, 6.45) is 0. The summed E-state index contributed by atoms with van der Waals surface area (Å²) in [5, 5.41) is 3.41. The van der Waals surface area contributed by atoms with Crippen LogP contribution in [0.2, 0.25) is 0 Å². The summed E-state index contributed by atoms with van der Waals surface area (Å²) in [6.45, 7) is 7.31. The molecule has 1 amide bonds. The summed E-state index contributed by atoms with van der Waals surface area (Å²) >= 11 is 1.42. The Morgan fingerprint density at radius 1 is 1.14 bits per heavy atom. The Kier molecular flexibility index (Phi) is 7.94. The first-order chi connectivity index (χ1) is 16.9. The van der Waals surface area contributed by atoms with Gasteiger partial charge < -0.3 is 28.6 Å². The van der Waals surface area contributed by atoms with Crippen molar-refractivity contribution in [3.05, 3.63) is 36.4 Å². The molecule has 0 bridgehead atoms. The fourth-order valence-corrected chi connectivity index (χ4v) is 4.72. The molecule has 2 heterocycles. The number of anilines is 2. The van der Waals surface area contributed by atoms with E-state index in [1.54, 1.807) is 40.2 Å². The molecule has 1 aliphatic heterocycles. The first-order valence-electron chi connectivity index (χ1n) is 11.4. The minimum Gasteiger partial charge on any atom is -0.494 e. The van der Waals surface area contributed by atoms with Crippen LogP contribution in [0.5, 0.6) is 17.2 Å². The van der Waals surface area contributed by atoms with Gasteiger partial charge in [-0.1, -0.05) is 17.4 Å². The number of fused-ring (bicyclic) bond motifs is 1. The number of ether oxygens (including phenoxy) is 5. The molecular weight excluding hydrogens is 470 g/mol. The maximum atomic E-state index is 13.2. The second-order valence-electron chi connectivity index (χ2n) is 8.47. The van der Waals surface area contributed by atoms with Crippen LogP contribution < -0.4 is 24.4 Å². The average Bonchev–Trinajstić information content (AvgIpc) is 3.27. The van der Waals surface area contributed by atoms with Crippen molar-refractivity contribution in [2.75, 3.05) is 64.0 Å². The van der Waals surface area contributed by atoms with Crippen LogP contribution in [-0.2, 0) is 14.3 Å². The first kappa shape index (κ1) is 25.0. The SMILES string of the molecule is COCCOc1cccc(OC(C)(C)C(=O)Nc2nc3c(OC)ccc(N4CCOCC4)c3s2)c1. The van der Waals surface area contributed by atoms with Crippen LogP contribution in [-0.4, -0.2) is 70.2 Å². The lowest BCUT2D eigenvalue weighted by Gasteiger charge is -2.29. The smallest absolute Gasteiger partial charge is 0.269 e. The van der Waals surface area contributed by atoms with Crippen molar-refractivity contribution in [2.45, 2.75) is 19.4 Å². The minimum atomic E-state index is -1.15. The predicted octanol–water partition coefficient (Wildman–Crippen LogP) is 3.96. The van der Waals surface area contributed by atoms with Gasteiger partial charge in [-0.05, 0) is 38.1 Å². The van der Waals surface area contributed by atoms with Crippen molar-refractivity contribution in [3.8, 4) is 17.2 Å². The number of methoxy groups -OCH3 is 2. The highest BCUT2D eigenvalue weighted by Crippen LogP contribution is 2.40. The third kappa shape index (κ3) is 5.95. The molecule has 1 aliphatic rings. The number of nitrogens with zero attached hydrogens (tertiary/aromatic N) is 2. The number of hydrogen-bond acceptors (Lipinski definition) is 9. The standard InChI is InChI=1S/C25H31N3O6S/c1-25(2,34-18-7-5-6-17(16-18)33-15-14-30-3)23(29)27-24-26-21-20(31-4)9-8-19(22(21)35-24)28-10-12-32-13-11-28/h5-9,16H,10-15H2,1-4H3,(H,26,27,29). The van der Waals surface area contributed by atoms with Gasteiger partial charge in [0.05, 0.1) is 37.3 Å². The lowest BCUT2D eigenvalue weighted by molar-refractivity contribution is -0.128. The predicted molar refractivity (Wildman–Crippen MR) is 136 cm³/mol. The van der Waals surface area contributed by atoms with Crippen LogP contribution in [0.1, 0.15) is 13.8 Å². The summed E-state index contributed by atoms with van der Waals surface area (Å²) in [4.78, 5) is 20.1. The third-order valence-electron chi connectivity index (χ3n) is 5.56. The Bertz CT molecular complexity index is 1160. The molecule has 0 saturated carbocycles. The molecule has 4 rings (SSSR count). The molecule has 0 unspecified atom stereocenters. The maximum Gasteiger partial charge on any atom is 0.269 e. The highest BCUT2D eigenvalue weighted by Gasteiger charge is 2.31. The Morgan fingerprint density at radius 2 is 1.91 bits per heavy atom. The second kappa shape index (κ2) is 11.1. The summed E-state index contributed by atoms with van der Waals surface area (Å²) in [5.74, 6) is 1.52. The van der Waals surface area contributed by atoms with Gasteiger partial charge in [0, 0.05) is 26.3 Å². The van der Waals surface area contributed by atoms with Gasteiger partial charge in [-0.15, -0.1) is 0 Å². The van der Waals surface area contributed by atoms with E-state index in [9.17, 15) is 4.79 Å². The molecule has 1 N–H and O–H groups in total. The molecule has 188 valence electrons. The molecule has 3 aromatic rings. The maximum absolute atomic E-state index is 13.2. The van der Waals surface area contributed by atoms with Crippen molar-refractivity contribution < 1.29 is 28.5 Å². The molecule has 9 nitrogen and oxygen atoms in total. The lowest BCUT2D eigenvalue weighted by atomic mass is 10.1. The van der Waals surface area contributed by atoms with Crippen molar-refractivity contribution in [2.24, 2.45) is 0 Å². The van der Waals surface area contributed by atoms with Gasteiger partial charge in [-0.25, -0.2) is 4.98 Å². The number of benzene rings is 2. The first-order valence-corrected chi connectivity index (χ1v) is 12.3. The fourth-order valence-electron chi connectivity index (χ4n) is 3.70. The van der Waals surface area contributed by atoms with E-state index in [-0.39, 0.29) is 5.91 Å². The van der Waals surface area contributed by atoms with Crippen LogP contribution in [0.15, 0.2) is 36.4 Å². The summed E-state index contributed by atoms with van der Waals surface area (Å²) < 4.78 is 28.6. The van der Waals surface area contributed by atoms with Gasteiger partial charge >= 0.3 is 0 Å². The molecule has 0 radical (unpaired) electrons. The summed E-state index contributed by atoms with van der Waals surface area (Å²) in [6, 6.07) is 11.1. The van der Waals surface area contributed by atoms with Crippen LogP contribution in [0.4, 0.5) is 10.8 Å². The quantitative estimate of drug-likeness (QED) is 0.418. The van der Waals surface area contributed by atoms with Crippen LogP contribution in [0.3, 0.4) is 0 Å². The number of carbonyl (C=O) groups excluding carboxylic acids is 1. The van der Waals surface area contributed by atoms with E-state index in [4.69, 9.17) is 23.7 Å². The van der Waals surface area contributed by atoms with E-state index < -0.39 is 5.60 Å². The second-order valence-corrected chi connectivity index (χ2v) is 9.46. The number of nitrogens with one attached hydrogen (secondary N) is 1. The lowest BCUT2D eigenvalue weighted by Crippen LogP contribution is -2.42. The highest BCUT2D eigenvalue weighted by atomic mass is 32.1. The van der Waals surface area contributed by atoms with E-state index in [1.807, 2.05) is 24.3 Å². The van der Waals surface area contributed by atoms with Crippen LogP contribution in [0.25, 0.3) is 10.2 Å². The fraction of sp³-hybridized carbons (Fsp3) is 0.440. The zero-order chi connectivity index (χ0) is 24.8. The highest BCUT2D eigenvalue weighted by molar-refractivity contribution is 7.23. The summed E-state index contributed by atoms with van der Waals surface area (Å²) in [7, 11) is 3.24. The van der Waals surface area contributed by atoms with Crippen molar-refractivity contribution in [3.63, 3.8) is 0 Å². The summed E-state index contributed by atoms with van der Waals surface area (Å²) in [5.41, 5.74) is 0.625. The number of rotatable bonds is 10. The van der Waals surface area contributed by atoms with Crippen LogP contribution >= 0.6 is 11.3 Å². The average molecular weight is 502 g/mol. The van der Waals surface area contributed by atoms with Gasteiger partial charge in [-0.2, -0.15) is 0 Å². The number of morpholine rings is 1. The van der Waals surface area contributed by atoms with E-state index in [0.717, 1.165) is 29.0 Å². The number of hydrogen-bond donors (Lipinski definition) is 1. The number of thiazole rings is 1. The Labute approximate surface area is 208 Å². The van der Waals surface area contributed by atoms with Gasteiger partial charge in [0.2, 0.25) is 0 Å². The molecule has 2 aromatic carbocycles.